The zero-order chi connectivity index (χ0) is 10.6. The van der Waals surface area contributed by atoms with Crippen molar-refractivity contribution in [3.8, 4) is 0 Å². The number of carbonyl (C=O) groups excluding carboxylic acids is 1. The van der Waals surface area contributed by atoms with Crippen LogP contribution >= 0.6 is 15.9 Å². The Bertz CT molecular complexity index is 323. The lowest BCUT2D eigenvalue weighted by Crippen LogP contribution is -2.29. The van der Waals surface area contributed by atoms with Gasteiger partial charge in [0.05, 0.1) is 6.54 Å². The Morgan fingerprint density at radius 1 is 1.43 bits per heavy atom. The third-order valence-corrected chi connectivity index (χ3v) is 2.54. The molecule has 14 heavy (non-hydrogen) atoms. The van der Waals surface area contributed by atoms with E-state index in [2.05, 4.69) is 21.2 Å². The zero-order valence-electron chi connectivity index (χ0n) is 8.38. The monoisotopic (exact) mass is 255 g/mol. The molecule has 2 nitrogen and oxygen atoms in total. The van der Waals surface area contributed by atoms with Crippen molar-refractivity contribution in [2.75, 3.05) is 6.54 Å². The molecule has 1 aromatic rings. The number of nitrogens with one attached hydrogen (secondary N) is 1. The highest BCUT2D eigenvalue weighted by molar-refractivity contribution is 9.10. The largest absolute Gasteiger partial charge is 0.307 e. The molecule has 0 aromatic heterocycles. The van der Waals surface area contributed by atoms with Gasteiger partial charge in [-0.3, -0.25) is 4.79 Å². The van der Waals surface area contributed by atoms with Crippen molar-refractivity contribution < 1.29 is 4.79 Å². The molecule has 0 amide bonds. The van der Waals surface area contributed by atoms with Crippen molar-refractivity contribution in [1.82, 2.24) is 5.32 Å². The highest BCUT2D eigenvalue weighted by Crippen LogP contribution is 2.15. The first-order valence-electron chi connectivity index (χ1n) is 4.62. The van der Waals surface area contributed by atoms with E-state index in [0.717, 1.165) is 10.0 Å². The Labute approximate surface area is 92.8 Å². The fourth-order valence-electron chi connectivity index (χ4n) is 1.08. The van der Waals surface area contributed by atoms with Crippen molar-refractivity contribution in [3.63, 3.8) is 0 Å². The fourth-order valence-corrected chi connectivity index (χ4v) is 1.59. The molecule has 0 radical (unpaired) electrons. The van der Waals surface area contributed by atoms with Crippen LogP contribution in [0, 0.1) is 0 Å². The van der Waals surface area contributed by atoms with E-state index in [-0.39, 0.29) is 5.78 Å². The smallest absolute Gasteiger partial charge is 0.177 e. The summed E-state index contributed by atoms with van der Waals surface area (Å²) in [7, 11) is 0. The average molecular weight is 256 g/mol. The number of hydrogen-bond acceptors (Lipinski definition) is 2. The van der Waals surface area contributed by atoms with Gasteiger partial charge in [-0.15, -0.1) is 0 Å². The van der Waals surface area contributed by atoms with Crippen LogP contribution in [0.2, 0.25) is 0 Å². The van der Waals surface area contributed by atoms with Crippen LogP contribution in [0.1, 0.15) is 24.2 Å². The van der Waals surface area contributed by atoms with Crippen LogP contribution in [0.4, 0.5) is 0 Å². The maximum absolute atomic E-state index is 11.7. The van der Waals surface area contributed by atoms with Crippen LogP contribution in [0.25, 0.3) is 0 Å². The molecule has 0 heterocycles. The zero-order valence-corrected chi connectivity index (χ0v) is 9.97. The molecule has 0 bridgehead atoms. The predicted octanol–water partition coefficient (Wildman–Crippen LogP) is 2.63. The van der Waals surface area contributed by atoms with E-state index in [9.17, 15) is 4.79 Å². The number of halogens is 1. The maximum Gasteiger partial charge on any atom is 0.177 e. The average Bonchev–Trinajstić information content (AvgIpc) is 2.15. The number of Topliss-reactive ketones (excluding diaryl/α,β-unsaturated/α-hetero) is 1. The first-order valence-corrected chi connectivity index (χ1v) is 5.41. The molecule has 1 aromatic carbocycles. The topological polar surface area (TPSA) is 29.1 Å². The van der Waals surface area contributed by atoms with Gasteiger partial charge in [-0.2, -0.15) is 0 Å². The molecule has 76 valence electrons. The molecule has 0 spiro atoms. The van der Waals surface area contributed by atoms with Gasteiger partial charge in [0.15, 0.2) is 5.78 Å². The normalized spacial score (nSPS) is 10.6. The summed E-state index contributed by atoms with van der Waals surface area (Å²) in [5.74, 6) is 0.117. The molecular weight excluding hydrogens is 242 g/mol. The van der Waals surface area contributed by atoms with Crippen molar-refractivity contribution >= 4 is 21.7 Å². The quantitative estimate of drug-likeness (QED) is 0.839. The molecule has 0 aliphatic rings. The Morgan fingerprint density at radius 2 is 2.07 bits per heavy atom. The summed E-state index contributed by atoms with van der Waals surface area (Å²) < 4.78 is 0.857. The van der Waals surface area contributed by atoms with E-state index in [0.29, 0.717) is 12.6 Å². The number of hydrogen-bond donors (Lipinski definition) is 1. The van der Waals surface area contributed by atoms with E-state index in [1.807, 2.05) is 38.1 Å². The van der Waals surface area contributed by atoms with E-state index >= 15 is 0 Å². The Balaban J connectivity index is 2.65. The summed E-state index contributed by atoms with van der Waals surface area (Å²) >= 11 is 3.36. The Morgan fingerprint density at radius 3 is 2.64 bits per heavy atom. The van der Waals surface area contributed by atoms with Crippen LogP contribution in [0.3, 0.4) is 0 Å². The third-order valence-electron chi connectivity index (χ3n) is 1.85. The molecule has 0 atom stereocenters. The highest BCUT2D eigenvalue weighted by atomic mass is 79.9. The van der Waals surface area contributed by atoms with Crippen LogP contribution < -0.4 is 5.32 Å². The van der Waals surface area contributed by atoms with Gasteiger partial charge < -0.3 is 5.32 Å². The van der Waals surface area contributed by atoms with Crippen molar-refractivity contribution in [3.05, 3.63) is 34.3 Å². The van der Waals surface area contributed by atoms with Crippen molar-refractivity contribution in [2.24, 2.45) is 0 Å². The van der Waals surface area contributed by atoms with Gasteiger partial charge >= 0.3 is 0 Å². The minimum absolute atomic E-state index is 0.117. The molecule has 0 aliphatic carbocycles. The SMILES string of the molecule is CC(C)NCC(=O)c1ccccc1Br. The lowest BCUT2D eigenvalue weighted by atomic mass is 10.1. The summed E-state index contributed by atoms with van der Waals surface area (Å²) in [6.45, 7) is 4.43. The van der Waals surface area contributed by atoms with Crippen LogP contribution in [-0.2, 0) is 0 Å². The van der Waals surface area contributed by atoms with Gasteiger partial charge in [-0.1, -0.05) is 48.0 Å². The predicted molar refractivity (Wildman–Crippen MR) is 61.6 cm³/mol. The van der Waals surface area contributed by atoms with Gasteiger partial charge in [-0.25, -0.2) is 0 Å². The second-order valence-corrected chi connectivity index (χ2v) is 4.29. The van der Waals surface area contributed by atoms with Crippen molar-refractivity contribution in [2.45, 2.75) is 19.9 Å². The molecule has 0 unspecified atom stereocenters. The summed E-state index contributed by atoms with van der Waals surface area (Å²) in [4.78, 5) is 11.7. The maximum atomic E-state index is 11.7. The Hall–Kier alpha value is -0.670. The molecule has 0 aliphatic heterocycles. The van der Waals surface area contributed by atoms with E-state index < -0.39 is 0 Å². The minimum Gasteiger partial charge on any atom is -0.307 e. The molecule has 0 saturated carbocycles. The van der Waals surface area contributed by atoms with Gasteiger partial charge in [-0.05, 0) is 6.07 Å². The van der Waals surface area contributed by atoms with Gasteiger partial charge in [0.25, 0.3) is 0 Å². The molecule has 1 N–H and O–H groups in total. The van der Waals surface area contributed by atoms with Gasteiger partial charge in [0, 0.05) is 16.1 Å². The van der Waals surface area contributed by atoms with E-state index in [1.165, 1.54) is 0 Å². The van der Waals surface area contributed by atoms with Gasteiger partial charge in [0.2, 0.25) is 0 Å². The molecular formula is C11H14BrNO. The third kappa shape index (κ3) is 3.24. The Kier molecular flexibility index (Phi) is 4.29. The molecule has 0 fully saturated rings. The molecule has 1 rings (SSSR count). The second kappa shape index (κ2) is 5.27. The summed E-state index contributed by atoms with van der Waals surface area (Å²) in [5.41, 5.74) is 0.737. The van der Waals surface area contributed by atoms with Crippen LogP contribution in [0.15, 0.2) is 28.7 Å². The fraction of sp³-hybridized carbons (Fsp3) is 0.364. The summed E-state index contributed by atoms with van der Waals surface area (Å²) in [6.07, 6.45) is 0. The second-order valence-electron chi connectivity index (χ2n) is 3.44. The first-order chi connectivity index (χ1) is 6.61. The first kappa shape index (κ1) is 11.4. The minimum atomic E-state index is 0.117. The molecule has 3 heteroatoms. The number of ketones is 1. The lowest BCUT2D eigenvalue weighted by molar-refractivity contribution is 0.0988. The summed E-state index contributed by atoms with van der Waals surface area (Å²) in [5, 5.41) is 3.10. The number of rotatable bonds is 4. The lowest BCUT2D eigenvalue weighted by Gasteiger charge is -2.07. The van der Waals surface area contributed by atoms with Crippen molar-refractivity contribution in [1.29, 1.82) is 0 Å². The summed E-state index contributed by atoms with van der Waals surface area (Å²) in [6, 6.07) is 7.81. The van der Waals surface area contributed by atoms with E-state index in [4.69, 9.17) is 0 Å². The van der Waals surface area contributed by atoms with Crippen LogP contribution in [-0.4, -0.2) is 18.4 Å². The van der Waals surface area contributed by atoms with E-state index in [1.54, 1.807) is 0 Å². The number of benzene rings is 1. The van der Waals surface area contributed by atoms with Crippen LogP contribution in [0.5, 0.6) is 0 Å². The standard InChI is InChI=1S/C11H14BrNO/c1-8(2)13-7-11(14)9-5-3-4-6-10(9)12/h3-6,8,13H,7H2,1-2H3. The molecule has 0 saturated heterocycles. The highest BCUT2D eigenvalue weighted by Gasteiger charge is 2.08. The van der Waals surface area contributed by atoms with Gasteiger partial charge in [0.1, 0.15) is 0 Å². The number of carbonyl (C=O) groups is 1.